The number of benzene rings is 2. The Balaban J connectivity index is 2.18. The van der Waals surface area contributed by atoms with Gasteiger partial charge in [0.1, 0.15) is 12.2 Å². The Kier molecular flexibility index (Phi) is 7.22. The van der Waals surface area contributed by atoms with E-state index in [1.165, 1.54) is 0 Å². The standard InChI is InChI=1S/C21H21NO4/c1-3-18(20(23)26-15-16-11-7-5-8-12-16)19(22-21(24)25-4-2)17-13-9-6-10-14-17/h5-14,19H,1,4,15H2,2H3,(H,22,24)/t19-/m0/s1. The molecular formula is C21H21NO4. The van der Waals surface area contributed by atoms with Gasteiger partial charge in [-0.3, -0.25) is 0 Å². The molecular weight excluding hydrogens is 330 g/mol. The third-order valence-electron chi connectivity index (χ3n) is 3.58. The number of carbonyl (C=O) groups excluding carboxylic acids is 2. The number of esters is 1. The van der Waals surface area contributed by atoms with Gasteiger partial charge >= 0.3 is 12.1 Å². The fourth-order valence-electron chi connectivity index (χ4n) is 2.35. The second-order valence-corrected chi connectivity index (χ2v) is 5.36. The number of rotatable bonds is 7. The first-order valence-corrected chi connectivity index (χ1v) is 8.25. The third-order valence-corrected chi connectivity index (χ3v) is 3.58. The van der Waals surface area contributed by atoms with Crippen molar-refractivity contribution < 1.29 is 19.1 Å². The van der Waals surface area contributed by atoms with Crippen LogP contribution in [0.25, 0.3) is 0 Å². The van der Waals surface area contributed by atoms with Gasteiger partial charge < -0.3 is 14.8 Å². The van der Waals surface area contributed by atoms with E-state index in [1.54, 1.807) is 19.1 Å². The van der Waals surface area contributed by atoms with Crippen LogP contribution in [0, 0.1) is 0 Å². The van der Waals surface area contributed by atoms with Crippen molar-refractivity contribution in [3.8, 4) is 0 Å². The molecule has 5 nitrogen and oxygen atoms in total. The highest BCUT2D eigenvalue weighted by atomic mass is 16.5. The molecule has 1 N–H and O–H groups in total. The third kappa shape index (κ3) is 5.36. The van der Waals surface area contributed by atoms with Gasteiger partial charge in [-0.25, -0.2) is 9.59 Å². The maximum atomic E-state index is 12.5. The van der Waals surface area contributed by atoms with Crippen molar-refractivity contribution in [1.29, 1.82) is 0 Å². The van der Waals surface area contributed by atoms with E-state index >= 15 is 0 Å². The molecule has 0 aliphatic rings. The molecule has 0 saturated heterocycles. The van der Waals surface area contributed by atoms with Crippen LogP contribution in [-0.2, 0) is 20.9 Å². The smallest absolute Gasteiger partial charge is 0.407 e. The molecule has 0 aliphatic heterocycles. The van der Waals surface area contributed by atoms with Crippen LogP contribution in [0.15, 0.2) is 78.5 Å². The van der Waals surface area contributed by atoms with Crippen molar-refractivity contribution in [2.24, 2.45) is 0 Å². The van der Waals surface area contributed by atoms with Crippen LogP contribution >= 0.6 is 0 Å². The Hall–Kier alpha value is -3.30. The summed E-state index contributed by atoms with van der Waals surface area (Å²) < 4.78 is 10.3. The van der Waals surface area contributed by atoms with E-state index in [0.717, 1.165) is 5.56 Å². The second kappa shape index (κ2) is 9.87. The summed E-state index contributed by atoms with van der Waals surface area (Å²) >= 11 is 0. The number of ether oxygens (including phenoxy) is 2. The largest absolute Gasteiger partial charge is 0.457 e. The zero-order valence-electron chi connectivity index (χ0n) is 14.6. The predicted molar refractivity (Wildman–Crippen MR) is 98.2 cm³/mol. The van der Waals surface area contributed by atoms with Crippen molar-refractivity contribution in [2.45, 2.75) is 19.6 Å². The molecule has 1 atom stereocenters. The molecule has 0 radical (unpaired) electrons. The van der Waals surface area contributed by atoms with Crippen molar-refractivity contribution >= 4 is 12.1 Å². The van der Waals surface area contributed by atoms with Crippen LogP contribution < -0.4 is 5.32 Å². The average Bonchev–Trinajstić information content (AvgIpc) is 2.68. The lowest BCUT2D eigenvalue weighted by atomic mass is 9.99. The molecule has 2 aromatic rings. The molecule has 0 spiro atoms. The van der Waals surface area contributed by atoms with Gasteiger partial charge in [0.15, 0.2) is 0 Å². The molecule has 0 heterocycles. The van der Waals surface area contributed by atoms with Crippen LogP contribution in [0.2, 0.25) is 0 Å². The molecule has 2 rings (SSSR count). The zero-order valence-corrected chi connectivity index (χ0v) is 14.6. The van der Waals surface area contributed by atoms with E-state index in [2.05, 4.69) is 17.6 Å². The van der Waals surface area contributed by atoms with Gasteiger partial charge in [-0.2, -0.15) is 0 Å². The van der Waals surface area contributed by atoms with Crippen molar-refractivity contribution in [2.75, 3.05) is 6.61 Å². The van der Waals surface area contributed by atoms with Gasteiger partial charge in [0.05, 0.1) is 12.6 Å². The maximum absolute atomic E-state index is 12.5. The second-order valence-electron chi connectivity index (χ2n) is 5.36. The molecule has 0 unspecified atom stereocenters. The number of nitrogens with one attached hydrogen (secondary N) is 1. The SMILES string of the molecule is C=C=C(C(=O)OCc1ccccc1)[C@@H](NC(=O)OCC)c1ccccc1. The summed E-state index contributed by atoms with van der Waals surface area (Å²) in [4.78, 5) is 24.5. The minimum atomic E-state index is -0.768. The summed E-state index contributed by atoms with van der Waals surface area (Å²) in [7, 11) is 0. The van der Waals surface area contributed by atoms with E-state index < -0.39 is 18.1 Å². The summed E-state index contributed by atoms with van der Waals surface area (Å²) in [6.07, 6.45) is -0.634. The van der Waals surface area contributed by atoms with E-state index in [1.807, 2.05) is 48.5 Å². The first-order valence-electron chi connectivity index (χ1n) is 8.25. The Morgan fingerprint density at radius 2 is 1.65 bits per heavy atom. The molecule has 5 heteroatoms. The highest BCUT2D eigenvalue weighted by molar-refractivity contribution is 5.90. The molecule has 0 fully saturated rings. The summed E-state index contributed by atoms with van der Waals surface area (Å²) in [6.45, 7) is 5.62. The minimum absolute atomic E-state index is 0.111. The molecule has 134 valence electrons. The molecule has 1 amide bonds. The van der Waals surface area contributed by atoms with Crippen LogP contribution in [0.5, 0.6) is 0 Å². The van der Waals surface area contributed by atoms with Crippen LogP contribution in [0.3, 0.4) is 0 Å². The highest BCUT2D eigenvalue weighted by Crippen LogP contribution is 2.22. The number of carbonyl (C=O) groups is 2. The van der Waals surface area contributed by atoms with Gasteiger partial charge in [0.2, 0.25) is 0 Å². The monoisotopic (exact) mass is 351 g/mol. The first kappa shape index (κ1) is 19.0. The lowest BCUT2D eigenvalue weighted by Gasteiger charge is -2.20. The average molecular weight is 351 g/mol. The Labute approximate surface area is 152 Å². The zero-order chi connectivity index (χ0) is 18.8. The number of alkyl carbamates (subject to hydrolysis) is 1. The molecule has 26 heavy (non-hydrogen) atoms. The molecule has 0 aromatic heterocycles. The predicted octanol–water partition coefficient (Wildman–Crippen LogP) is 3.93. The summed E-state index contributed by atoms with van der Waals surface area (Å²) in [6, 6.07) is 17.6. The van der Waals surface area contributed by atoms with Crippen LogP contribution in [-0.4, -0.2) is 18.7 Å². The number of hydrogen-bond donors (Lipinski definition) is 1. The molecule has 2 aromatic carbocycles. The highest BCUT2D eigenvalue weighted by Gasteiger charge is 2.26. The van der Waals surface area contributed by atoms with Crippen LogP contribution in [0.1, 0.15) is 24.1 Å². The van der Waals surface area contributed by atoms with Crippen molar-refractivity contribution in [1.82, 2.24) is 5.32 Å². The van der Waals surface area contributed by atoms with Crippen molar-refractivity contribution in [3.63, 3.8) is 0 Å². The summed E-state index contributed by atoms with van der Waals surface area (Å²) in [5, 5.41) is 2.66. The summed E-state index contributed by atoms with van der Waals surface area (Å²) in [5.74, 6) is -0.602. The van der Waals surface area contributed by atoms with Crippen LogP contribution in [0.4, 0.5) is 4.79 Å². The Morgan fingerprint density at radius 1 is 1.04 bits per heavy atom. The first-order chi connectivity index (χ1) is 12.7. The normalized spacial score (nSPS) is 11.0. The quantitative estimate of drug-likeness (QED) is 0.466. The number of amides is 1. The Bertz CT molecular complexity index is 780. The maximum Gasteiger partial charge on any atom is 0.407 e. The molecule has 0 aliphatic carbocycles. The van der Waals surface area contributed by atoms with E-state index in [-0.39, 0.29) is 18.8 Å². The number of hydrogen-bond acceptors (Lipinski definition) is 4. The fourth-order valence-corrected chi connectivity index (χ4v) is 2.35. The van der Waals surface area contributed by atoms with Gasteiger partial charge in [0.25, 0.3) is 0 Å². The Morgan fingerprint density at radius 3 is 2.23 bits per heavy atom. The molecule has 0 saturated carbocycles. The minimum Gasteiger partial charge on any atom is -0.457 e. The van der Waals surface area contributed by atoms with Crippen molar-refractivity contribution in [3.05, 3.63) is 89.7 Å². The van der Waals surface area contributed by atoms with Gasteiger partial charge in [-0.15, -0.1) is 5.73 Å². The van der Waals surface area contributed by atoms with E-state index in [4.69, 9.17) is 9.47 Å². The van der Waals surface area contributed by atoms with Gasteiger partial charge in [0, 0.05) is 0 Å². The van der Waals surface area contributed by atoms with E-state index in [9.17, 15) is 9.59 Å². The lowest BCUT2D eigenvalue weighted by Crippen LogP contribution is -2.32. The lowest BCUT2D eigenvalue weighted by molar-refractivity contribution is -0.140. The topological polar surface area (TPSA) is 64.6 Å². The van der Waals surface area contributed by atoms with Gasteiger partial charge in [-0.1, -0.05) is 67.2 Å². The molecule has 0 bridgehead atoms. The summed E-state index contributed by atoms with van der Waals surface area (Å²) in [5.41, 5.74) is 4.27. The van der Waals surface area contributed by atoms with E-state index in [0.29, 0.717) is 5.56 Å². The van der Waals surface area contributed by atoms with Gasteiger partial charge in [-0.05, 0) is 18.1 Å². The fraction of sp³-hybridized carbons (Fsp3) is 0.190.